The van der Waals surface area contributed by atoms with E-state index in [0.29, 0.717) is 29.5 Å². The van der Waals surface area contributed by atoms with Gasteiger partial charge in [0.1, 0.15) is 5.75 Å². The molecule has 0 saturated heterocycles. The SMILES string of the molecule is COc1ccc(N)cc1NC(=O)CC(C)CC(C)(C)C. The van der Waals surface area contributed by atoms with Crippen LogP contribution in [-0.2, 0) is 4.79 Å². The number of benzene rings is 1. The summed E-state index contributed by atoms with van der Waals surface area (Å²) in [6.45, 7) is 8.65. The first-order valence-electron chi connectivity index (χ1n) is 6.94. The highest BCUT2D eigenvalue weighted by molar-refractivity contribution is 5.93. The van der Waals surface area contributed by atoms with Gasteiger partial charge in [0, 0.05) is 12.1 Å². The van der Waals surface area contributed by atoms with E-state index in [2.05, 4.69) is 33.0 Å². The zero-order chi connectivity index (χ0) is 15.3. The van der Waals surface area contributed by atoms with E-state index in [-0.39, 0.29) is 11.3 Å². The van der Waals surface area contributed by atoms with Gasteiger partial charge in [-0.25, -0.2) is 0 Å². The molecule has 1 rings (SSSR count). The Morgan fingerprint density at radius 3 is 2.60 bits per heavy atom. The van der Waals surface area contributed by atoms with Gasteiger partial charge in [-0.1, -0.05) is 27.7 Å². The number of anilines is 2. The third kappa shape index (κ3) is 5.51. The van der Waals surface area contributed by atoms with Gasteiger partial charge in [-0.2, -0.15) is 0 Å². The van der Waals surface area contributed by atoms with Crippen molar-refractivity contribution in [3.63, 3.8) is 0 Å². The van der Waals surface area contributed by atoms with Crippen molar-refractivity contribution in [1.29, 1.82) is 0 Å². The van der Waals surface area contributed by atoms with Crippen LogP contribution < -0.4 is 15.8 Å². The third-order valence-electron chi connectivity index (χ3n) is 2.99. The van der Waals surface area contributed by atoms with Gasteiger partial charge >= 0.3 is 0 Å². The van der Waals surface area contributed by atoms with E-state index >= 15 is 0 Å². The number of hydrogen-bond acceptors (Lipinski definition) is 3. The van der Waals surface area contributed by atoms with Crippen molar-refractivity contribution in [3.05, 3.63) is 18.2 Å². The molecule has 1 aromatic carbocycles. The summed E-state index contributed by atoms with van der Waals surface area (Å²) in [5.74, 6) is 0.948. The Morgan fingerprint density at radius 2 is 2.05 bits per heavy atom. The number of rotatable bonds is 5. The molecular formula is C16H26N2O2. The number of ether oxygens (including phenoxy) is 1. The molecule has 0 aliphatic heterocycles. The lowest BCUT2D eigenvalue weighted by Gasteiger charge is -2.23. The maximum Gasteiger partial charge on any atom is 0.224 e. The summed E-state index contributed by atoms with van der Waals surface area (Å²) >= 11 is 0. The van der Waals surface area contributed by atoms with Gasteiger partial charge < -0.3 is 15.8 Å². The second-order valence-electron chi connectivity index (χ2n) is 6.58. The molecule has 4 nitrogen and oxygen atoms in total. The van der Waals surface area contributed by atoms with Crippen LogP contribution in [-0.4, -0.2) is 13.0 Å². The minimum Gasteiger partial charge on any atom is -0.495 e. The lowest BCUT2D eigenvalue weighted by atomic mass is 9.84. The summed E-state index contributed by atoms with van der Waals surface area (Å²) in [6, 6.07) is 5.21. The first-order valence-corrected chi connectivity index (χ1v) is 6.94. The van der Waals surface area contributed by atoms with E-state index < -0.39 is 0 Å². The number of amides is 1. The topological polar surface area (TPSA) is 64.3 Å². The monoisotopic (exact) mass is 278 g/mol. The van der Waals surface area contributed by atoms with Crippen LogP contribution in [0.15, 0.2) is 18.2 Å². The molecule has 0 aromatic heterocycles. The Kier molecular flexibility index (Phi) is 5.43. The van der Waals surface area contributed by atoms with Gasteiger partial charge in [0.15, 0.2) is 0 Å². The van der Waals surface area contributed by atoms with E-state index in [0.717, 1.165) is 6.42 Å². The summed E-state index contributed by atoms with van der Waals surface area (Å²) in [5.41, 5.74) is 7.19. The number of nitrogens with one attached hydrogen (secondary N) is 1. The van der Waals surface area contributed by atoms with Crippen LogP contribution in [0.3, 0.4) is 0 Å². The molecule has 4 heteroatoms. The van der Waals surface area contributed by atoms with Crippen LogP contribution in [0, 0.1) is 11.3 Å². The first kappa shape index (κ1) is 16.3. The van der Waals surface area contributed by atoms with Gasteiger partial charge in [0.05, 0.1) is 12.8 Å². The molecule has 0 aliphatic rings. The molecule has 0 heterocycles. The first-order chi connectivity index (χ1) is 9.21. The van der Waals surface area contributed by atoms with Crippen LogP contribution in [0.25, 0.3) is 0 Å². The fraction of sp³-hybridized carbons (Fsp3) is 0.562. The molecule has 1 aromatic rings. The van der Waals surface area contributed by atoms with Gasteiger partial charge in [-0.15, -0.1) is 0 Å². The maximum atomic E-state index is 12.1. The Morgan fingerprint density at radius 1 is 1.40 bits per heavy atom. The molecule has 1 atom stereocenters. The second kappa shape index (κ2) is 6.64. The van der Waals surface area contributed by atoms with Gasteiger partial charge in [-0.3, -0.25) is 4.79 Å². The minimum absolute atomic E-state index is 0.00866. The predicted octanol–water partition coefficient (Wildman–Crippen LogP) is 3.68. The second-order valence-corrected chi connectivity index (χ2v) is 6.58. The molecule has 0 fully saturated rings. The van der Waals surface area contributed by atoms with Crippen molar-refractivity contribution < 1.29 is 9.53 Å². The quantitative estimate of drug-likeness (QED) is 0.807. The van der Waals surface area contributed by atoms with E-state index in [1.165, 1.54) is 0 Å². The van der Waals surface area contributed by atoms with E-state index in [4.69, 9.17) is 10.5 Å². The number of methoxy groups -OCH3 is 1. The molecule has 0 aliphatic carbocycles. The average Bonchev–Trinajstić information content (AvgIpc) is 2.26. The van der Waals surface area contributed by atoms with Crippen molar-refractivity contribution in [2.75, 3.05) is 18.2 Å². The largest absolute Gasteiger partial charge is 0.495 e. The van der Waals surface area contributed by atoms with Crippen molar-refractivity contribution in [1.82, 2.24) is 0 Å². The lowest BCUT2D eigenvalue weighted by molar-refractivity contribution is -0.117. The molecule has 0 saturated carbocycles. The van der Waals surface area contributed by atoms with Crippen LogP contribution >= 0.6 is 0 Å². The fourth-order valence-electron chi connectivity index (χ4n) is 2.46. The molecular weight excluding hydrogens is 252 g/mol. The molecule has 0 bridgehead atoms. The Bertz CT molecular complexity index is 464. The van der Waals surface area contributed by atoms with Crippen molar-refractivity contribution in [2.24, 2.45) is 11.3 Å². The number of nitrogen functional groups attached to an aromatic ring is 1. The van der Waals surface area contributed by atoms with Gasteiger partial charge in [0.25, 0.3) is 0 Å². The highest BCUT2D eigenvalue weighted by Crippen LogP contribution is 2.29. The van der Waals surface area contributed by atoms with E-state index in [1.807, 2.05) is 0 Å². The summed E-state index contributed by atoms with van der Waals surface area (Å²) in [5, 5.41) is 2.88. The molecule has 1 unspecified atom stereocenters. The molecule has 112 valence electrons. The Balaban J connectivity index is 2.65. The summed E-state index contributed by atoms with van der Waals surface area (Å²) < 4.78 is 5.22. The molecule has 20 heavy (non-hydrogen) atoms. The van der Waals surface area contributed by atoms with Crippen LogP contribution in [0.1, 0.15) is 40.5 Å². The standard InChI is InChI=1S/C16H26N2O2/c1-11(10-16(2,3)4)8-15(19)18-13-9-12(17)6-7-14(13)20-5/h6-7,9,11H,8,10,17H2,1-5H3,(H,18,19). The van der Waals surface area contributed by atoms with Crippen molar-refractivity contribution in [3.8, 4) is 5.75 Å². The minimum atomic E-state index is -0.00866. The molecule has 0 radical (unpaired) electrons. The zero-order valence-corrected chi connectivity index (χ0v) is 13.1. The number of nitrogens with two attached hydrogens (primary N) is 1. The van der Waals surface area contributed by atoms with Crippen molar-refractivity contribution in [2.45, 2.75) is 40.5 Å². The average molecular weight is 278 g/mol. The summed E-state index contributed by atoms with van der Waals surface area (Å²) in [4.78, 5) is 12.1. The molecule has 1 amide bonds. The normalized spacial score (nSPS) is 12.8. The van der Waals surface area contributed by atoms with Crippen LogP contribution in [0.4, 0.5) is 11.4 Å². The highest BCUT2D eigenvalue weighted by atomic mass is 16.5. The van der Waals surface area contributed by atoms with E-state index in [9.17, 15) is 4.79 Å². The van der Waals surface area contributed by atoms with Crippen molar-refractivity contribution >= 4 is 17.3 Å². The predicted molar refractivity (Wildman–Crippen MR) is 83.9 cm³/mol. The Hall–Kier alpha value is -1.71. The smallest absolute Gasteiger partial charge is 0.224 e. The molecule has 0 spiro atoms. The summed E-state index contributed by atoms with van der Waals surface area (Å²) in [7, 11) is 1.57. The van der Waals surface area contributed by atoms with Crippen LogP contribution in [0.5, 0.6) is 5.75 Å². The highest BCUT2D eigenvalue weighted by Gasteiger charge is 2.18. The Labute approximate surface area is 121 Å². The zero-order valence-electron chi connectivity index (χ0n) is 13.1. The lowest BCUT2D eigenvalue weighted by Crippen LogP contribution is -2.19. The number of carbonyl (C=O) groups is 1. The molecule has 3 N–H and O–H groups in total. The fourth-order valence-corrected chi connectivity index (χ4v) is 2.46. The van der Waals surface area contributed by atoms with Gasteiger partial charge in [0.2, 0.25) is 5.91 Å². The van der Waals surface area contributed by atoms with E-state index in [1.54, 1.807) is 25.3 Å². The van der Waals surface area contributed by atoms with Crippen LogP contribution in [0.2, 0.25) is 0 Å². The van der Waals surface area contributed by atoms with Gasteiger partial charge in [-0.05, 0) is 36.0 Å². The maximum absolute atomic E-state index is 12.1. The number of hydrogen-bond donors (Lipinski definition) is 2. The third-order valence-corrected chi connectivity index (χ3v) is 2.99. The summed E-state index contributed by atoms with van der Waals surface area (Å²) in [6.07, 6.45) is 1.50. The number of carbonyl (C=O) groups excluding carboxylic acids is 1.